The molecular weight excluding hydrogens is 205 g/mol. The molecule has 0 radical (unpaired) electrons. The summed E-state index contributed by atoms with van der Waals surface area (Å²) in [6, 6.07) is 1.71. The van der Waals surface area contributed by atoms with Gasteiger partial charge >= 0.3 is 7.12 Å². The Morgan fingerprint density at radius 3 is 2.56 bits per heavy atom. The van der Waals surface area contributed by atoms with E-state index in [4.69, 9.17) is 0 Å². The van der Waals surface area contributed by atoms with Crippen molar-refractivity contribution in [2.75, 3.05) is 0 Å². The number of aromatic nitrogens is 3. The maximum Gasteiger partial charge on any atom is 0.489 e. The Labute approximate surface area is 93.9 Å². The van der Waals surface area contributed by atoms with Crippen molar-refractivity contribution >= 4 is 18.2 Å². The summed E-state index contributed by atoms with van der Waals surface area (Å²) in [5, 5.41) is 26.5. The summed E-state index contributed by atoms with van der Waals surface area (Å²) in [5.74, 6) is 1.06. The van der Waals surface area contributed by atoms with E-state index in [2.05, 4.69) is 10.2 Å². The van der Waals surface area contributed by atoms with E-state index in [1.54, 1.807) is 12.3 Å². The Morgan fingerprint density at radius 1 is 1.31 bits per heavy atom. The minimum Gasteiger partial charge on any atom is -0.423 e. The molecule has 84 valence electrons. The predicted octanol–water partition coefficient (Wildman–Crippen LogP) is -0.159. The Bertz CT molecular complexity index is 522. The lowest BCUT2D eigenvalue weighted by atomic mass is 9.81. The van der Waals surface area contributed by atoms with Crippen LogP contribution in [0, 0.1) is 6.92 Å². The molecule has 5 nitrogen and oxygen atoms in total. The molecule has 2 aromatic rings. The number of fused-ring (bicyclic) bond motifs is 1. The number of aryl methyl sites for hydroxylation is 1. The van der Waals surface area contributed by atoms with Gasteiger partial charge in [0.1, 0.15) is 5.82 Å². The van der Waals surface area contributed by atoms with E-state index >= 15 is 0 Å². The molecule has 0 saturated heterocycles. The van der Waals surface area contributed by atoms with Crippen LogP contribution >= 0.6 is 0 Å². The van der Waals surface area contributed by atoms with Crippen LogP contribution in [0.15, 0.2) is 12.3 Å². The summed E-state index contributed by atoms with van der Waals surface area (Å²) < 4.78 is 1.81. The van der Waals surface area contributed by atoms with Crippen LogP contribution < -0.4 is 5.46 Å². The summed E-state index contributed by atoms with van der Waals surface area (Å²) in [5.41, 5.74) is 2.09. The van der Waals surface area contributed by atoms with Crippen molar-refractivity contribution in [1.29, 1.82) is 0 Å². The molecule has 2 N–H and O–H groups in total. The van der Waals surface area contributed by atoms with Crippen LogP contribution in [0.1, 0.15) is 31.2 Å². The van der Waals surface area contributed by atoms with E-state index in [1.165, 1.54) is 0 Å². The minimum atomic E-state index is -1.47. The average molecular weight is 219 g/mol. The van der Waals surface area contributed by atoms with Crippen molar-refractivity contribution in [2.45, 2.75) is 26.7 Å². The van der Waals surface area contributed by atoms with Gasteiger partial charge in [-0.2, -0.15) is 0 Å². The smallest absolute Gasteiger partial charge is 0.423 e. The Balaban J connectivity index is 2.71. The van der Waals surface area contributed by atoms with Crippen LogP contribution in [-0.4, -0.2) is 31.8 Å². The molecule has 0 fully saturated rings. The van der Waals surface area contributed by atoms with Crippen molar-refractivity contribution < 1.29 is 10.0 Å². The normalized spacial score (nSPS) is 11.4. The number of rotatable bonds is 2. The maximum absolute atomic E-state index is 9.18. The molecule has 0 bridgehead atoms. The average Bonchev–Trinajstić information content (AvgIpc) is 2.61. The highest BCUT2D eigenvalue weighted by Gasteiger charge is 2.16. The first-order valence-electron chi connectivity index (χ1n) is 5.22. The third-order valence-corrected chi connectivity index (χ3v) is 2.55. The highest BCUT2D eigenvalue weighted by atomic mass is 16.4. The van der Waals surface area contributed by atoms with Crippen molar-refractivity contribution in [2.24, 2.45) is 0 Å². The van der Waals surface area contributed by atoms with Crippen molar-refractivity contribution in [3.8, 4) is 0 Å². The first kappa shape index (κ1) is 11.1. The highest BCUT2D eigenvalue weighted by Crippen LogP contribution is 2.14. The van der Waals surface area contributed by atoms with Crippen molar-refractivity contribution in [3.05, 3.63) is 23.7 Å². The monoisotopic (exact) mass is 219 g/mol. The van der Waals surface area contributed by atoms with Crippen molar-refractivity contribution in [3.63, 3.8) is 0 Å². The predicted molar refractivity (Wildman–Crippen MR) is 61.6 cm³/mol. The standard InChI is InChI=1S/C10H14BN3O2/c1-6(2)9-12-13-10-7(3)4-8(11(15)16)5-14(9)10/h4-6,15-16H,1-3H3. The van der Waals surface area contributed by atoms with Crippen LogP contribution in [0.3, 0.4) is 0 Å². The van der Waals surface area contributed by atoms with Gasteiger partial charge in [0.2, 0.25) is 0 Å². The van der Waals surface area contributed by atoms with Gasteiger partial charge in [-0.05, 0) is 17.9 Å². The topological polar surface area (TPSA) is 70.7 Å². The quantitative estimate of drug-likeness (QED) is 0.688. The van der Waals surface area contributed by atoms with Crippen LogP contribution in [0.2, 0.25) is 0 Å². The van der Waals surface area contributed by atoms with Gasteiger partial charge in [-0.25, -0.2) is 0 Å². The second kappa shape index (κ2) is 3.88. The van der Waals surface area contributed by atoms with Gasteiger partial charge in [0.15, 0.2) is 5.65 Å². The van der Waals surface area contributed by atoms with E-state index in [1.807, 2.05) is 25.2 Å². The molecule has 0 aromatic carbocycles. The summed E-state index contributed by atoms with van der Waals surface area (Å²) >= 11 is 0. The first-order valence-corrected chi connectivity index (χ1v) is 5.22. The summed E-state index contributed by atoms with van der Waals surface area (Å²) in [6.45, 7) is 5.92. The van der Waals surface area contributed by atoms with Gasteiger partial charge in [0.05, 0.1) is 0 Å². The van der Waals surface area contributed by atoms with Gasteiger partial charge < -0.3 is 10.0 Å². The Morgan fingerprint density at radius 2 is 2.00 bits per heavy atom. The molecule has 16 heavy (non-hydrogen) atoms. The number of pyridine rings is 1. The molecule has 0 aliphatic heterocycles. The third kappa shape index (κ3) is 1.70. The van der Waals surface area contributed by atoms with E-state index in [0.29, 0.717) is 5.46 Å². The molecule has 0 amide bonds. The Kier molecular flexibility index (Phi) is 2.69. The molecule has 0 aliphatic rings. The fourth-order valence-electron chi connectivity index (χ4n) is 1.74. The van der Waals surface area contributed by atoms with Gasteiger partial charge in [0.25, 0.3) is 0 Å². The van der Waals surface area contributed by atoms with Crippen molar-refractivity contribution in [1.82, 2.24) is 14.6 Å². The lowest BCUT2D eigenvalue weighted by Gasteiger charge is -2.07. The largest absolute Gasteiger partial charge is 0.489 e. The zero-order valence-corrected chi connectivity index (χ0v) is 9.55. The van der Waals surface area contributed by atoms with E-state index in [9.17, 15) is 10.0 Å². The molecule has 2 aromatic heterocycles. The fraction of sp³-hybridized carbons (Fsp3) is 0.400. The zero-order valence-electron chi connectivity index (χ0n) is 9.55. The van der Waals surface area contributed by atoms with Crippen LogP contribution in [0.5, 0.6) is 0 Å². The number of hydrogen-bond donors (Lipinski definition) is 2. The second-order valence-corrected chi connectivity index (χ2v) is 4.24. The molecule has 0 unspecified atom stereocenters. The van der Waals surface area contributed by atoms with Crippen LogP contribution in [0.4, 0.5) is 0 Å². The first-order chi connectivity index (χ1) is 7.50. The Hall–Kier alpha value is -1.40. The summed E-state index contributed by atoms with van der Waals surface area (Å²) in [4.78, 5) is 0. The summed E-state index contributed by atoms with van der Waals surface area (Å²) in [7, 11) is -1.47. The third-order valence-electron chi connectivity index (χ3n) is 2.55. The molecule has 0 atom stereocenters. The lowest BCUT2D eigenvalue weighted by molar-refractivity contribution is 0.425. The molecule has 2 rings (SSSR count). The van der Waals surface area contributed by atoms with Gasteiger partial charge in [-0.1, -0.05) is 19.9 Å². The summed E-state index contributed by atoms with van der Waals surface area (Å²) in [6.07, 6.45) is 1.67. The maximum atomic E-state index is 9.18. The molecule has 2 heterocycles. The molecular formula is C10H14BN3O2. The van der Waals surface area contributed by atoms with Crippen LogP contribution in [-0.2, 0) is 0 Å². The van der Waals surface area contributed by atoms with E-state index < -0.39 is 7.12 Å². The molecule has 0 spiro atoms. The number of nitrogens with zero attached hydrogens (tertiary/aromatic N) is 3. The molecule has 6 heteroatoms. The van der Waals surface area contributed by atoms with E-state index in [-0.39, 0.29) is 5.92 Å². The zero-order chi connectivity index (χ0) is 11.9. The SMILES string of the molecule is Cc1cc(B(O)O)cn2c(C(C)C)nnc12. The lowest BCUT2D eigenvalue weighted by Crippen LogP contribution is -2.31. The second-order valence-electron chi connectivity index (χ2n) is 4.24. The van der Waals surface area contributed by atoms with Gasteiger partial charge in [-0.3, -0.25) is 4.40 Å². The molecule has 0 aliphatic carbocycles. The number of hydrogen-bond acceptors (Lipinski definition) is 4. The van der Waals surface area contributed by atoms with Crippen LogP contribution in [0.25, 0.3) is 5.65 Å². The fourth-order valence-corrected chi connectivity index (χ4v) is 1.74. The van der Waals surface area contributed by atoms with Gasteiger partial charge in [-0.15, -0.1) is 10.2 Å². The molecule has 0 saturated carbocycles. The van der Waals surface area contributed by atoms with Gasteiger partial charge in [0, 0.05) is 12.1 Å². The minimum absolute atomic E-state index is 0.237. The highest BCUT2D eigenvalue weighted by molar-refractivity contribution is 6.58. The van der Waals surface area contributed by atoms with E-state index in [0.717, 1.165) is 17.0 Å².